The number of aromatic nitrogens is 1. The summed E-state index contributed by atoms with van der Waals surface area (Å²) in [7, 11) is 0. The van der Waals surface area contributed by atoms with Crippen LogP contribution in [0, 0.1) is 0 Å². The molecule has 1 aromatic heterocycles. The van der Waals surface area contributed by atoms with Gasteiger partial charge in [-0.3, -0.25) is 0 Å². The van der Waals surface area contributed by atoms with Crippen LogP contribution in [-0.4, -0.2) is 16.8 Å². The molecule has 0 N–H and O–H groups in total. The zero-order valence-electron chi connectivity index (χ0n) is 36.5. The molecule has 1 saturated carbocycles. The summed E-state index contributed by atoms with van der Waals surface area (Å²) in [5.41, 5.74) is 21.3. The minimum absolute atomic E-state index is 0.0996. The summed E-state index contributed by atoms with van der Waals surface area (Å²) in [6, 6.07) is 70.9. The van der Waals surface area contributed by atoms with Crippen LogP contribution in [0.25, 0.3) is 27.5 Å². The van der Waals surface area contributed by atoms with E-state index in [1.54, 1.807) is 0 Å². The quantitative estimate of drug-likeness (QED) is 0.165. The van der Waals surface area contributed by atoms with E-state index >= 15 is 0 Å². The fraction of sp³-hybridized carbons (Fsp3) is 0.200. The average molecular weight is 822 g/mol. The smallest absolute Gasteiger partial charge is 0.252 e. The summed E-state index contributed by atoms with van der Waals surface area (Å²) >= 11 is 0. The Morgan fingerprint density at radius 1 is 0.484 bits per heavy atom. The van der Waals surface area contributed by atoms with Gasteiger partial charge in [0.25, 0.3) is 6.71 Å². The lowest BCUT2D eigenvalue weighted by Crippen LogP contribution is -2.64. The molecule has 9 aromatic rings. The molecule has 64 heavy (non-hydrogen) atoms. The normalized spacial score (nSPS) is 25.1. The van der Waals surface area contributed by atoms with Crippen molar-refractivity contribution < 1.29 is 0 Å². The highest BCUT2D eigenvalue weighted by molar-refractivity contribution is 7.00. The van der Waals surface area contributed by atoms with Crippen LogP contribution in [0.4, 0.5) is 22.7 Å². The molecule has 0 amide bonds. The van der Waals surface area contributed by atoms with E-state index < -0.39 is 5.54 Å². The summed E-state index contributed by atoms with van der Waals surface area (Å²) in [5, 5.41) is 2.66. The zero-order valence-corrected chi connectivity index (χ0v) is 36.5. The van der Waals surface area contributed by atoms with E-state index in [4.69, 9.17) is 0 Å². The Hall–Kier alpha value is -6.78. The van der Waals surface area contributed by atoms with Gasteiger partial charge in [0.1, 0.15) is 0 Å². The van der Waals surface area contributed by atoms with Crippen LogP contribution in [0.3, 0.4) is 0 Å². The molecule has 3 nitrogen and oxygen atoms in total. The van der Waals surface area contributed by atoms with Gasteiger partial charge in [-0.15, -0.1) is 0 Å². The van der Waals surface area contributed by atoms with Crippen LogP contribution in [-0.2, 0) is 22.8 Å². The molecule has 0 radical (unpaired) electrons. The minimum atomic E-state index is -0.431. The zero-order chi connectivity index (χ0) is 42.2. The van der Waals surface area contributed by atoms with Gasteiger partial charge in [0.2, 0.25) is 0 Å². The molecule has 4 atom stereocenters. The molecule has 0 saturated heterocycles. The predicted molar refractivity (Wildman–Crippen MR) is 266 cm³/mol. The monoisotopic (exact) mass is 821 g/mol. The molecule has 4 unspecified atom stereocenters. The number of para-hydroxylation sites is 4. The van der Waals surface area contributed by atoms with E-state index in [9.17, 15) is 0 Å². The summed E-state index contributed by atoms with van der Waals surface area (Å²) < 4.78 is 2.67. The number of aryl methyl sites for hydroxylation is 1. The first kappa shape index (κ1) is 35.7. The van der Waals surface area contributed by atoms with Crippen molar-refractivity contribution in [2.75, 3.05) is 9.80 Å². The van der Waals surface area contributed by atoms with Gasteiger partial charge < -0.3 is 14.4 Å². The Balaban J connectivity index is 1.11. The molecule has 306 valence electrons. The molecule has 6 aliphatic rings. The lowest BCUT2D eigenvalue weighted by atomic mass is 9.33. The van der Waals surface area contributed by atoms with Gasteiger partial charge in [0, 0.05) is 50.1 Å². The molecular weight excluding hydrogens is 773 g/mol. The summed E-state index contributed by atoms with van der Waals surface area (Å²) in [4.78, 5) is 5.73. The second-order valence-electron chi connectivity index (χ2n) is 20.1. The van der Waals surface area contributed by atoms with Gasteiger partial charge in [-0.1, -0.05) is 171 Å². The van der Waals surface area contributed by atoms with Gasteiger partial charge >= 0.3 is 0 Å². The SMILES string of the molecule is CC12CCCCC1(c1ccccc1)c1cccc3c1N2c1cc(N2c4ccccc4C4(c5ccccc5)CCc5ccccc5C24C)cc2c1B3c1cccc3c4ccccc4n-2c13. The van der Waals surface area contributed by atoms with Crippen molar-refractivity contribution in [3.63, 3.8) is 0 Å². The van der Waals surface area contributed by atoms with E-state index in [1.165, 1.54) is 113 Å². The molecule has 0 bridgehead atoms. The number of nitrogens with zero attached hydrogens (tertiary/aromatic N) is 3. The fourth-order valence-electron chi connectivity index (χ4n) is 15.5. The highest BCUT2D eigenvalue weighted by Crippen LogP contribution is 2.68. The number of hydrogen-bond donors (Lipinski definition) is 0. The summed E-state index contributed by atoms with van der Waals surface area (Å²) in [6.45, 7) is 5.31. The Kier molecular flexibility index (Phi) is 6.72. The molecule has 2 aliphatic carbocycles. The van der Waals surface area contributed by atoms with Crippen molar-refractivity contribution >= 4 is 67.7 Å². The molecule has 15 rings (SSSR count). The molecule has 1 fully saturated rings. The van der Waals surface area contributed by atoms with Crippen LogP contribution >= 0.6 is 0 Å². The second kappa shape index (κ2) is 12.1. The predicted octanol–water partition coefficient (Wildman–Crippen LogP) is 12.0. The van der Waals surface area contributed by atoms with Crippen molar-refractivity contribution in [3.8, 4) is 5.69 Å². The summed E-state index contributed by atoms with van der Waals surface area (Å²) in [6.07, 6.45) is 6.79. The average Bonchev–Trinajstić information content (AvgIpc) is 3.91. The van der Waals surface area contributed by atoms with Crippen molar-refractivity contribution in [1.82, 2.24) is 4.57 Å². The molecule has 8 aromatic carbocycles. The van der Waals surface area contributed by atoms with Gasteiger partial charge in [0.15, 0.2) is 0 Å². The van der Waals surface area contributed by atoms with E-state index in [1.807, 2.05) is 0 Å². The van der Waals surface area contributed by atoms with E-state index in [0.717, 1.165) is 25.7 Å². The molecule has 4 aliphatic heterocycles. The summed E-state index contributed by atoms with van der Waals surface area (Å²) in [5.74, 6) is 0. The topological polar surface area (TPSA) is 11.4 Å². The number of rotatable bonds is 3. The number of hydrogen-bond acceptors (Lipinski definition) is 2. The van der Waals surface area contributed by atoms with E-state index in [-0.39, 0.29) is 23.1 Å². The molecular formula is C60H48BN3. The van der Waals surface area contributed by atoms with Crippen LogP contribution in [0.5, 0.6) is 0 Å². The third kappa shape index (κ3) is 3.86. The van der Waals surface area contributed by atoms with Gasteiger partial charge in [-0.2, -0.15) is 0 Å². The van der Waals surface area contributed by atoms with Gasteiger partial charge in [0.05, 0.1) is 22.0 Å². The Morgan fingerprint density at radius 2 is 1.12 bits per heavy atom. The largest absolute Gasteiger partial charge is 0.335 e. The van der Waals surface area contributed by atoms with Crippen molar-refractivity contribution in [1.29, 1.82) is 0 Å². The first-order chi connectivity index (χ1) is 31.5. The van der Waals surface area contributed by atoms with E-state index in [2.05, 4.69) is 210 Å². The first-order valence-electron chi connectivity index (χ1n) is 23.7. The molecule has 0 spiro atoms. The van der Waals surface area contributed by atoms with Crippen molar-refractivity contribution in [3.05, 3.63) is 215 Å². The maximum absolute atomic E-state index is 2.92. The maximum atomic E-state index is 2.92. The maximum Gasteiger partial charge on any atom is 0.252 e. The number of benzene rings is 8. The van der Waals surface area contributed by atoms with Crippen molar-refractivity contribution in [2.45, 2.75) is 74.3 Å². The highest BCUT2D eigenvalue weighted by Gasteiger charge is 2.66. The molecule has 4 heteroatoms. The Labute approximate surface area is 375 Å². The lowest BCUT2D eigenvalue weighted by Gasteiger charge is -2.54. The second-order valence-corrected chi connectivity index (χ2v) is 20.1. The highest BCUT2D eigenvalue weighted by atomic mass is 15.3. The standard InChI is InChI=1S/C60H48BN3/c1-57-34-15-16-35-59(57,40-20-5-3-6-21-40)47-28-18-30-49-56(47)64(57)53-38-42(37-52-54(53)61(49)48-29-17-25-44-43-24-10-13-31-50(43)62(52)55(44)48)63-51-32-14-12-27-46(51)60(41-22-7-4-8-23-41)36-33-39-19-9-11-26-45(39)58(60,63)2/h3-14,17-32,37-38H,15-16,33-36H2,1-2H3. The van der Waals surface area contributed by atoms with Crippen molar-refractivity contribution in [2.24, 2.45) is 0 Å². The Morgan fingerprint density at radius 3 is 1.97 bits per heavy atom. The third-order valence-electron chi connectivity index (χ3n) is 17.9. The third-order valence-corrected chi connectivity index (χ3v) is 17.9. The number of fused-ring (bicyclic) bond motifs is 15. The van der Waals surface area contributed by atoms with Gasteiger partial charge in [-0.05, 0) is 114 Å². The fourth-order valence-corrected chi connectivity index (χ4v) is 15.5. The van der Waals surface area contributed by atoms with E-state index in [0.29, 0.717) is 0 Å². The first-order valence-corrected chi connectivity index (χ1v) is 23.7. The number of anilines is 4. The van der Waals surface area contributed by atoms with Gasteiger partial charge in [-0.25, -0.2) is 0 Å². The van der Waals surface area contributed by atoms with Crippen LogP contribution < -0.4 is 26.2 Å². The van der Waals surface area contributed by atoms with Crippen LogP contribution in [0.15, 0.2) is 182 Å². The minimum Gasteiger partial charge on any atom is -0.335 e. The van der Waals surface area contributed by atoms with Crippen LogP contribution in [0.2, 0.25) is 0 Å². The van der Waals surface area contributed by atoms with Crippen LogP contribution in [0.1, 0.15) is 79.3 Å². The lowest BCUT2D eigenvalue weighted by molar-refractivity contribution is 0.215. The molecule has 5 heterocycles. The Bertz CT molecular complexity index is 3480.